The van der Waals surface area contributed by atoms with Crippen molar-refractivity contribution in [3.63, 3.8) is 0 Å². The first-order valence-corrected chi connectivity index (χ1v) is 8.63. The third kappa shape index (κ3) is 5.48. The van der Waals surface area contributed by atoms with Gasteiger partial charge in [0, 0.05) is 37.9 Å². The van der Waals surface area contributed by atoms with Crippen LogP contribution in [0.4, 0.5) is 23.2 Å². The summed E-state index contributed by atoms with van der Waals surface area (Å²) in [5, 5.41) is 0. The van der Waals surface area contributed by atoms with Crippen LogP contribution in [0.15, 0.2) is 54.6 Å². The van der Waals surface area contributed by atoms with E-state index in [1.54, 1.807) is 23.1 Å². The number of piperazine rings is 1. The molecule has 0 N–H and O–H groups in total. The Morgan fingerprint density at radius 2 is 1.54 bits per heavy atom. The van der Waals surface area contributed by atoms with Crippen molar-refractivity contribution in [1.29, 1.82) is 0 Å². The fourth-order valence-corrected chi connectivity index (χ4v) is 2.89. The molecule has 3 rings (SSSR count). The number of hydrogen-bond acceptors (Lipinski definition) is 3. The first-order chi connectivity index (χ1) is 13.3. The molecule has 1 aliphatic rings. The normalized spacial score (nSPS) is 15.1. The van der Waals surface area contributed by atoms with Gasteiger partial charge in [0.2, 0.25) is 5.91 Å². The molecule has 28 heavy (non-hydrogen) atoms. The maximum Gasteiger partial charge on any atom is 0.573 e. The summed E-state index contributed by atoms with van der Waals surface area (Å²) in [6.45, 7) is 2.32. The van der Waals surface area contributed by atoms with E-state index in [1.165, 1.54) is 42.5 Å². The van der Waals surface area contributed by atoms with Crippen LogP contribution < -0.4 is 9.64 Å². The van der Waals surface area contributed by atoms with Gasteiger partial charge in [-0.25, -0.2) is 4.39 Å². The molecule has 0 saturated carbocycles. The highest BCUT2D eigenvalue weighted by molar-refractivity contribution is 5.92. The zero-order valence-electron chi connectivity index (χ0n) is 14.8. The Bertz CT molecular complexity index is 825. The lowest BCUT2D eigenvalue weighted by Crippen LogP contribution is -2.48. The molecule has 2 aromatic rings. The van der Waals surface area contributed by atoms with Gasteiger partial charge in [-0.3, -0.25) is 4.79 Å². The highest BCUT2D eigenvalue weighted by atomic mass is 19.4. The zero-order chi connectivity index (χ0) is 20.1. The Morgan fingerprint density at radius 3 is 2.11 bits per heavy atom. The number of carbonyl (C=O) groups excluding carboxylic acids is 1. The number of rotatable bonds is 4. The third-order valence-electron chi connectivity index (χ3n) is 4.32. The van der Waals surface area contributed by atoms with Gasteiger partial charge in [0.15, 0.2) is 0 Å². The Labute approximate surface area is 159 Å². The first-order valence-electron chi connectivity index (χ1n) is 8.63. The molecule has 0 aliphatic carbocycles. The van der Waals surface area contributed by atoms with E-state index in [0.717, 1.165) is 5.69 Å². The predicted molar refractivity (Wildman–Crippen MR) is 97.4 cm³/mol. The second-order valence-corrected chi connectivity index (χ2v) is 6.24. The van der Waals surface area contributed by atoms with Crippen LogP contribution in [-0.2, 0) is 4.79 Å². The van der Waals surface area contributed by atoms with Crippen molar-refractivity contribution >= 4 is 17.7 Å². The number of carbonyl (C=O) groups is 1. The van der Waals surface area contributed by atoms with Crippen LogP contribution in [-0.4, -0.2) is 43.3 Å². The maximum atomic E-state index is 13.0. The number of hydrogen-bond donors (Lipinski definition) is 0. The molecule has 1 fully saturated rings. The van der Waals surface area contributed by atoms with Crippen LogP contribution in [0.3, 0.4) is 0 Å². The minimum atomic E-state index is -4.73. The number of halogens is 4. The van der Waals surface area contributed by atoms with Crippen LogP contribution in [0.5, 0.6) is 5.75 Å². The highest BCUT2D eigenvalue weighted by Crippen LogP contribution is 2.23. The molecular weight excluding hydrogens is 376 g/mol. The van der Waals surface area contributed by atoms with Crippen LogP contribution in [0.2, 0.25) is 0 Å². The van der Waals surface area contributed by atoms with E-state index in [2.05, 4.69) is 9.64 Å². The van der Waals surface area contributed by atoms with Gasteiger partial charge in [0.25, 0.3) is 0 Å². The van der Waals surface area contributed by atoms with E-state index in [1.807, 2.05) is 0 Å². The standard InChI is InChI=1S/C20H18F4N2O2/c21-16-4-6-17(7-5-16)25-11-13-26(14-12-25)19(27)10-3-15-1-8-18(9-2-15)28-20(22,23)24/h1-10H,11-14H2/b10-3+. The fraction of sp³-hybridized carbons (Fsp3) is 0.250. The summed E-state index contributed by atoms with van der Waals surface area (Å²) >= 11 is 0. The number of alkyl halides is 3. The minimum absolute atomic E-state index is 0.172. The summed E-state index contributed by atoms with van der Waals surface area (Å²) in [5.41, 5.74) is 1.50. The quantitative estimate of drug-likeness (QED) is 0.579. The van der Waals surface area contributed by atoms with Crippen LogP contribution in [0, 0.1) is 5.82 Å². The Morgan fingerprint density at radius 1 is 0.929 bits per heavy atom. The summed E-state index contributed by atoms with van der Waals surface area (Å²) in [6, 6.07) is 11.5. The van der Waals surface area contributed by atoms with E-state index < -0.39 is 6.36 Å². The largest absolute Gasteiger partial charge is 0.573 e. The second kappa shape index (κ2) is 8.33. The van der Waals surface area contributed by atoms with Gasteiger partial charge in [-0.2, -0.15) is 0 Å². The van der Waals surface area contributed by atoms with Crippen molar-refractivity contribution in [2.24, 2.45) is 0 Å². The Balaban J connectivity index is 1.52. The Kier molecular flexibility index (Phi) is 5.87. The number of amides is 1. The molecule has 2 aromatic carbocycles. The second-order valence-electron chi connectivity index (χ2n) is 6.24. The molecule has 0 spiro atoms. The van der Waals surface area contributed by atoms with Gasteiger partial charge in [0.1, 0.15) is 11.6 Å². The zero-order valence-corrected chi connectivity index (χ0v) is 14.8. The molecule has 148 valence electrons. The average Bonchev–Trinajstić information content (AvgIpc) is 2.67. The molecule has 1 heterocycles. The molecule has 0 unspecified atom stereocenters. The van der Waals surface area contributed by atoms with Gasteiger partial charge in [-0.15, -0.1) is 13.2 Å². The number of anilines is 1. The van der Waals surface area contributed by atoms with Crippen molar-refractivity contribution in [1.82, 2.24) is 4.90 Å². The Hall–Kier alpha value is -3.03. The molecule has 0 radical (unpaired) electrons. The molecular formula is C20H18F4N2O2. The van der Waals surface area contributed by atoms with Crippen molar-refractivity contribution in [2.45, 2.75) is 6.36 Å². The van der Waals surface area contributed by atoms with Crippen molar-refractivity contribution < 1.29 is 27.1 Å². The lowest BCUT2D eigenvalue weighted by atomic mass is 10.2. The first kappa shape index (κ1) is 19.7. The monoisotopic (exact) mass is 394 g/mol. The smallest absolute Gasteiger partial charge is 0.406 e. The fourth-order valence-electron chi connectivity index (χ4n) is 2.89. The average molecular weight is 394 g/mol. The van der Waals surface area contributed by atoms with Crippen molar-refractivity contribution in [3.8, 4) is 5.75 Å². The number of benzene rings is 2. The van der Waals surface area contributed by atoms with Crippen LogP contribution in [0.25, 0.3) is 6.08 Å². The van der Waals surface area contributed by atoms with Gasteiger partial charge < -0.3 is 14.5 Å². The van der Waals surface area contributed by atoms with E-state index in [4.69, 9.17) is 0 Å². The highest BCUT2D eigenvalue weighted by Gasteiger charge is 2.30. The summed E-state index contributed by atoms with van der Waals surface area (Å²) in [6.07, 6.45) is -1.79. The van der Waals surface area contributed by atoms with Crippen molar-refractivity contribution in [3.05, 3.63) is 66.0 Å². The van der Waals surface area contributed by atoms with Gasteiger partial charge in [-0.05, 0) is 48.0 Å². The third-order valence-corrected chi connectivity index (χ3v) is 4.32. The SMILES string of the molecule is O=C(/C=C/c1ccc(OC(F)(F)F)cc1)N1CCN(c2ccc(F)cc2)CC1. The number of ether oxygens (including phenoxy) is 1. The molecule has 1 amide bonds. The van der Waals surface area contributed by atoms with E-state index in [9.17, 15) is 22.4 Å². The molecule has 8 heteroatoms. The van der Waals surface area contributed by atoms with Crippen LogP contribution >= 0.6 is 0 Å². The minimum Gasteiger partial charge on any atom is -0.406 e. The molecule has 0 bridgehead atoms. The van der Waals surface area contributed by atoms with E-state index >= 15 is 0 Å². The summed E-state index contributed by atoms with van der Waals surface area (Å²) in [5.74, 6) is -0.775. The van der Waals surface area contributed by atoms with Crippen LogP contribution in [0.1, 0.15) is 5.56 Å². The van der Waals surface area contributed by atoms with Gasteiger partial charge >= 0.3 is 6.36 Å². The van der Waals surface area contributed by atoms with E-state index in [-0.39, 0.29) is 17.5 Å². The summed E-state index contributed by atoms with van der Waals surface area (Å²) < 4.78 is 53.3. The van der Waals surface area contributed by atoms with Gasteiger partial charge in [-0.1, -0.05) is 12.1 Å². The molecule has 1 saturated heterocycles. The van der Waals surface area contributed by atoms with Gasteiger partial charge in [0.05, 0.1) is 0 Å². The molecule has 1 aliphatic heterocycles. The molecule has 0 aromatic heterocycles. The summed E-state index contributed by atoms with van der Waals surface area (Å²) in [7, 11) is 0. The lowest BCUT2D eigenvalue weighted by molar-refractivity contribution is -0.274. The molecule has 4 nitrogen and oxygen atoms in total. The topological polar surface area (TPSA) is 32.8 Å². The van der Waals surface area contributed by atoms with E-state index in [0.29, 0.717) is 31.7 Å². The predicted octanol–water partition coefficient (Wildman–Crippen LogP) is 4.09. The summed E-state index contributed by atoms with van der Waals surface area (Å²) in [4.78, 5) is 16.1. The van der Waals surface area contributed by atoms with Crippen molar-refractivity contribution in [2.75, 3.05) is 31.1 Å². The number of nitrogens with zero attached hydrogens (tertiary/aromatic N) is 2. The maximum absolute atomic E-state index is 13.0. The molecule has 0 atom stereocenters. The lowest BCUT2D eigenvalue weighted by Gasteiger charge is -2.35.